The topological polar surface area (TPSA) is 59.2 Å². The summed E-state index contributed by atoms with van der Waals surface area (Å²) in [5, 5.41) is 3.45. The van der Waals surface area contributed by atoms with Gasteiger partial charge in [-0.3, -0.25) is 0 Å². The Kier molecular flexibility index (Phi) is 5.77. The fourth-order valence-electron chi connectivity index (χ4n) is 3.27. The van der Waals surface area contributed by atoms with E-state index in [0.29, 0.717) is 19.7 Å². The first-order valence-electron chi connectivity index (χ1n) is 9.71. The number of fused-ring (bicyclic) bond motifs is 1. The van der Waals surface area contributed by atoms with E-state index >= 15 is 0 Å². The van der Waals surface area contributed by atoms with E-state index in [2.05, 4.69) is 52.5 Å². The molecule has 0 aliphatic rings. The SMILES string of the molecule is COc1cccc(CNCc2nc3ccccc3[nH]2)c1OCc1ccc(C)cc1. The van der Waals surface area contributed by atoms with Crippen molar-refractivity contribution in [3.05, 3.63) is 89.2 Å². The Labute approximate surface area is 170 Å². The molecule has 0 aliphatic carbocycles. The van der Waals surface area contributed by atoms with Crippen LogP contribution < -0.4 is 14.8 Å². The van der Waals surface area contributed by atoms with Crippen molar-refractivity contribution in [2.45, 2.75) is 26.6 Å². The van der Waals surface area contributed by atoms with Gasteiger partial charge >= 0.3 is 0 Å². The third-order valence-corrected chi connectivity index (χ3v) is 4.83. The first-order chi connectivity index (χ1) is 14.2. The molecule has 0 fully saturated rings. The van der Waals surface area contributed by atoms with Crippen LogP contribution in [0.4, 0.5) is 0 Å². The van der Waals surface area contributed by atoms with Crippen LogP contribution in [0.3, 0.4) is 0 Å². The second-order valence-corrected chi connectivity index (χ2v) is 7.03. The Balaban J connectivity index is 1.44. The number of aryl methyl sites for hydroxylation is 1. The van der Waals surface area contributed by atoms with Crippen LogP contribution in [0.2, 0.25) is 0 Å². The highest BCUT2D eigenvalue weighted by atomic mass is 16.5. The highest BCUT2D eigenvalue weighted by Gasteiger charge is 2.11. The maximum absolute atomic E-state index is 6.15. The van der Waals surface area contributed by atoms with Crippen LogP contribution in [0, 0.1) is 6.92 Å². The molecule has 1 aromatic heterocycles. The summed E-state index contributed by atoms with van der Waals surface area (Å²) >= 11 is 0. The molecular weight excluding hydrogens is 362 g/mol. The molecule has 4 rings (SSSR count). The van der Waals surface area contributed by atoms with E-state index in [4.69, 9.17) is 9.47 Å². The van der Waals surface area contributed by atoms with E-state index in [1.54, 1.807) is 7.11 Å². The third kappa shape index (κ3) is 4.58. The van der Waals surface area contributed by atoms with Gasteiger partial charge in [-0.15, -0.1) is 0 Å². The van der Waals surface area contributed by atoms with Crippen molar-refractivity contribution < 1.29 is 9.47 Å². The molecule has 0 amide bonds. The monoisotopic (exact) mass is 387 g/mol. The molecule has 0 spiro atoms. The van der Waals surface area contributed by atoms with E-state index in [1.165, 1.54) is 5.56 Å². The van der Waals surface area contributed by atoms with Crippen molar-refractivity contribution in [3.63, 3.8) is 0 Å². The second kappa shape index (κ2) is 8.80. The molecule has 0 saturated heterocycles. The Morgan fingerprint density at radius 1 is 0.931 bits per heavy atom. The van der Waals surface area contributed by atoms with Crippen molar-refractivity contribution >= 4 is 11.0 Å². The standard InChI is InChI=1S/C24H25N3O2/c1-17-10-12-18(13-11-17)16-29-24-19(6-5-9-22(24)28-2)14-25-15-23-26-20-7-3-4-8-21(20)27-23/h3-13,25H,14-16H2,1-2H3,(H,26,27). The Bertz CT molecular complexity index is 1050. The average Bonchev–Trinajstić information content (AvgIpc) is 3.16. The lowest BCUT2D eigenvalue weighted by Crippen LogP contribution is -2.15. The zero-order valence-corrected chi connectivity index (χ0v) is 16.7. The van der Waals surface area contributed by atoms with Crippen molar-refractivity contribution in [1.82, 2.24) is 15.3 Å². The van der Waals surface area contributed by atoms with Gasteiger partial charge in [0, 0.05) is 12.1 Å². The predicted molar refractivity (Wildman–Crippen MR) is 115 cm³/mol. The molecule has 2 N–H and O–H groups in total. The highest BCUT2D eigenvalue weighted by Crippen LogP contribution is 2.32. The van der Waals surface area contributed by atoms with Crippen molar-refractivity contribution in [2.24, 2.45) is 0 Å². The van der Waals surface area contributed by atoms with E-state index in [9.17, 15) is 0 Å². The molecule has 5 nitrogen and oxygen atoms in total. The lowest BCUT2D eigenvalue weighted by atomic mass is 10.1. The number of ether oxygens (including phenoxy) is 2. The van der Waals surface area contributed by atoms with Crippen LogP contribution in [-0.2, 0) is 19.7 Å². The number of hydrogen-bond acceptors (Lipinski definition) is 4. The van der Waals surface area contributed by atoms with Crippen LogP contribution in [0.1, 0.15) is 22.5 Å². The summed E-state index contributed by atoms with van der Waals surface area (Å²) in [4.78, 5) is 7.95. The number of nitrogens with one attached hydrogen (secondary N) is 2. The van der Waals surface area contributed by atoms with E-state index in [-0.39, 0.29) is 0 Å². The predicted octanol–water partition coefficient (Wildman–Crippen LogP) is 4.75. The summed E-state index contributed by atoms with van der Waals surface area (Å²) in [5.41, 5.74) is 5.44. The number of methoxy groups -OCH3 is 1. The third-order valence-electron chi connectivity index (χ3n) is 4.83. The molecule has 29 heavy (non-hydrogen) atoms. The molecule has 148 valence electrons. The van der Waals surface area contributed by atoms with Gasteiger partial charge in [-0.2, -0.15) is 0 Å². The van der Waals surface area contributed by atoms with Gasteiger partial charge in [0.25, 0.3) is 0 Å². The largest absolute Gasteiger partial charge is 0.493 e. The van der Waals surface area contributed by atoms with E-state index in [0.717, 1.165) is 39.5 Å². The number of nitrogens with zero attached hydrogens (tertiary/aromatic N) is 1. The lowest BCUT2D eigenvalue weighted by molar-refractivity contribution is 0.280. The second-order valence-electron chi connectivity index (χ2n) is 7.03. The van der Waals surface area contributed by atoms with Crippen molar-refractivity contribution in [2.75, 3.05) is 7.11 Å². The zero-order valence-electron chi connectivity index (χ0n) is 16.7. The fourth-order valence-corrected chi connectivity index (χ4v) is 3.27. The molecule has 0 unspecified atom stereocenters. The van der Waals surface area contributed by atoms with Crippen molar-refractivity contribution in [3.8, 4) is 11.5 Å². The lowest BCUT2D eigenvalue weighted by Gasteiger charge is -2.15. The van der Waals surface area contributed by atoms with Gasteiger partial charge in [0.1, 0.15) is 12.4 Å². The maximum atomic E-state index is 6.15. The van der Waals surface area contributed by atoms with E-state index in [1.807, 2.05) is 36.4 Å². The van der Waals surface area contributed by atoms with Crippen LogP contribution in [0.25, 0.3) is 11.0 Å². The summed E-state index contributed by atoms with van der Waals surface area (Å²) in [7, 11) is 1.67. The van der Waals surface area contributed by atoms with Gasteiger partial charge in [-0.05, 0) is 30.7 Å². The minimum absolute atomic E-state index is 0.497. The molecule has 1 heterocycles. The zero-order chi connectivity index (χ0) is 20.1. The van der Waals surface area contributed by atoms with Gasteiger partial charge in [0.15, 0.2) is 11.5 Å². The number of aromatic nitrogens is 2. The van der Waals surface area contributed by atoms with E-state index < -0.39 is 0 Å². The summed E-state index contributed by atoms with van der Waals surface area (Å²) < 4.78 is 11.7. The Morgan fingerprint density at radius 2 is 1.76 bits per heavy atom. The Morgan fingerprint density at radius 3 is 2.55 bits per heavy atom. The maximum Gasteiger partial charge on any atom is 0.166 e. The summed E-state index contributed by atoms with van der Waals surface area (Å²) in [6.07, 6.45) is 0. The Hall–Kier alpha value is -3.31. The van der Waals surface area contributed by atoms with Gasteiger partial charge in [0.05, 0.1) is 24.7 Å². The molecule has 4 aromatic rings. The van der Waals surface area contributed by atoms with Crippen molar-refractivity contribution in [1.29, 1.82) is 0 Å². The van der Waals surface area contributed by atoms with Gasteiger partial charge in [0.2, 0.25) is 0 Å². The molecular formula is C24H25N3O2. The molecule has 0 atom stereocenters. The number of imidazole rings is 1. The molecule has 0 radical (unpaired) electrons. The van der Waals surface area contributed by atoms with Gasteiger partial charge in [-0.25, -0.2) is 4.98 Å². The van der Waals surface area contributed by atoms with Gasteiger partial charge < -0.3 is 19.8 Å². The minimum atomic E-state index is 0.497. The first-order valence-corrected chi connectivity index (χ1v) is 9.71. The summed E-state index contributed by atoms with van der Waals surface area (Å²) in [6.45, 7) is 3.87. The van der Waals surface area contributed by atoms with Crippen LogP contribution in [0.15, 0.2) is 66.7 Å². The quantitative estimate of drug-likeness (QED) is 0.458. The number of benzene rings is 3. The minimum Gasteiger partial charge on any atom is -0.493 e. The smallest absolute Gasteiger partial charge is 0.166 e. The normalized spacial score (nSPS) is 11.0. The number of para-hydroxylation sites is 3. The molecule has 5 heteroatoms. The average molecular weight is 387 g/mol. The number of rotatable bonds is 8. The van der Waals surface area contributed by atoms with Crippen LogP contribution >= 0.6 is 0 Å². The first kappa shape index (κ1) is 19.0. The molecule has 0 saturated carbocycles. The van der Waals surface area contributed by atoms with Gasteiger partial charge in [-0.1, -0.05) is 54.1 Å². The number of hydrogen-bond donors (Lipinski definition) is 2. The fraction of sp³-hybridized carbons (Fsp3) is 0.208. The number of aromatic amines is 1. The summed E-state index contributed by atoms with van der Waals surface area (Å²) in [5.74, 6) is 2.42. The highest BCUT2D eigenvalue weighted by molar-refractivity contribution is 5.74. The van der Waals surface area contributed by atoms with Crippen LogP contribution in [-0.4, -0.2) is 17.1 Å². The van der Waals surface area contributed by atoms with Crippen LogP contribution in [0.5, 0.6) is 11.5 Å². The summed E-state index contributed by atoms with van der Waals surface area (Å²) in [6, 6.07) is 22.4. The molecule has 3 aromatic carbocycles. The molecule has 0 bridgehead atoms. The molecule has 0 aliphatic heterocycles. The number of H-pyrrole nitrogens is 1.